The highest BCUT2D eigenvalue weighted by Crippen LogP contribution is 2.20. The number of carbonyl (C=O) groups excluding carboxylic acids is 2. The summed E-state index contributed by atoms with van der Waals surface area (Å²) in [7, 11) is 0. The van der Waals surface area contributed by atoms with Gasteiger partial charge in [-0.25, -0.2) is 0 Å². The van der Waals surface area contributed by atoms with Gasteiger partial charge < -0.3 is 20.5 Å². The third-order valence-electron chi connectivity index (χ3n) is 4.32. The van der Waals surface area contributed by atoms with Gasteiger partial charge in [0.05, 0.1) is 18.4 Å². The zero-order valence-corrected chi connectivity index (χ0v) is 14.1. The van der Waals surface area contributed by atoms with Gasteiger partial charge in [0.15, 0.2) is 0 Å². The van der Waals surface area contributed by atoms with E-state index in [-0.39, 0.29) is 18.4 Å². The van der Waals surface area contributed by atoms with E-state index in [1.807, 2.05) is 13.0 Å². The molecule has 6 heteroatoms. The summed E-state index contributed by atoms with van der Waals surface area (Å²) in [4.78, 5) is 23.4. The van der Waals surface area contributed by atoms with Gasteiger partial charge in [0.25, 0.3) is 0 Å². The van der Waals surface area contributed by atoms with Crippen LogP contribution >= 0.6 is 11.6 Å². The Hall–Kier alpha value is -1.59. The van der Waals surface area contributed by atoms with Crippen molar-refractivity contribution in [3.63, 3.8) is 0 Å². The number of amides is 1. The van der Waals surface area contributed by atoms with Gasteiger partial charge >= 0.3 is 0 Å². The molecular weight excluding hydrogens is 316 g/mol. The lowest BCUT2D eigenvalue weighted by atomic mass is 9.94. The smallest absolute Gasteiger partial charge is 0.230 e. The van der Waals surface area contributed by atoms with Gasteiger partial charge in [-0.3, -0.25) is 4.79 Å². The predicted octanol–water partition coefficient (Wildman–Crippen LogP) is 0.992. The molecule has 1 aliphatic carbocycles. The summed E-state index contributed by atoms with van der Waals surface area (Å²) < 4.78 is 0. The van der Waals surface area contributed by atoms with Gasteiger partial charge in [-0.2, -0.15) is 0 Å². The predicted molar refractivity (Wildman–Crippen MR) is 87.0 cm³/mol. The summed E-state index contributed by atoms with van der Waals surface area (Å²) in [6, 6.07) is 4.64. The van der Waals surface area contributed by atoms with Crippen molar-refractivity contribution in [2.45, 2.75) is 57.5 Å². The number of carbonyl (C=O) groups is 2. The minimum absolute atomic E-state index is 0.107. The van der Waals surface area contributed by atoms with Crippen LogP contribution in [0, 0.1) is 6.92 Å². The molecule has 3 N–H and O–H groups in total. The van der Waals surface area contributed by atoms with Crippen LogP contribution < -0.4 is 15.7 Å². The molecule has 0 aromatic heterocycles. The Morgan fingerprint density at radius 1 is 1.35 bits per heavy atom. The molecule has 0 heterocycles. The summed E-state index contributed by atoms with van der Waals surface area (Å²) >= 11 is 6.02. The second-order valence-electron chi connectivity index (χ2n) is 6.23. The summed E-state index contributed by atoms with van der Waals surface area (Å²) in [5, 5.41) is 16.4. The molecule has 2 rings (SSSR count). The first-order valence-corrected chi connectivity index (χ1v) is 8.45. The molecule has 23 heavy (non-hydrogen) atoms. The van der Waals surface area contributed by atoms with E-state index in [0.717, 1.165) is 31.2 Å². The number of hydrogen-bond acceptors (Lipinski definition) is 3. The number of carboxylic acids is 1. The first-order chi connectivity index (χ1) is 11.0. The lowest BCUT2D eigenvalue weighted by molar-refractivity contribution is -0.716. The molecule has 0 unspecified atom stereocenters. The quantitative estimate of drug-likeness (QED) is 0.811. The van der Waals surface area contributed by atoms with Crippen LogP contribution in [0.2, 0.25) is 5.02 Å². The molecule has 5 nitrogen and oxygen atoms in total. The van der Waals surface area contributed by atoms with Gasteiger partial charge in [-0.15, -0.1) is 0 Å². The Morgan fingerprint density at radius 3 is 2.65 bits per heavy atom. The van der Waals surface area contributed by atoms with Crippen molar-refractivity contribution in [1.82, 2.24) is 0 Å². The number of carboxylic acid groups (broad SMARTS) is 1. The van der Waals surface area contributed by atoms with Crippen molar-refractivity contribution in [2.24, 2.45) is 0 Å². The number of benzene rings is 1. The molecule has 1 atom stereocenters. The number of rotatable bonds is 6. The van der Waals surface area contributed by atoms with E-state index in [1.165, 1.54) is 6.42 Å². The fourth-order valence-electron chi connectivity index (χ4n) is 2.97. The summed E-state index contributed by atoms with van der Waals surface area (Å²) in [5.74, 6) is -1.53. The van der Waals surface area contributed by atoms with Crippen LogP contribution in [-0.2, 0) is 9.59 Å². The van der Waals surface area contributed by atoms with E-state index in [1.54, 1.807) is 17.4 Å². The Bertz CT molecular complexity index is 571. The third kappa shape index (κ3) is 5.52. The lowest BCUT2D eigenvalue weighted by Gasteiger charge is -2.25. The van der Waals surface area contributed by atoms with E-state index >= 15 is 0 Å². The first kappa shape index (κ1) is 17.8. The number of quaternary nitrogens is 1. The molecule has 1 amide bonds. The summed E-state index contributed by atoms with van der Waals surface area (Å²) in [6.45, 7) is 1.87. The van der Waals surface area contributed by atoms with Gasteiger partial charge in [0.2, 0.25) is 5.91 Å². The maximum absolute atomic E-state index is 12.1. The number of aryl methyl sites for hydroxylation is 1. The molecule has 1 aromatic carbocycles. The number of aliphatic carboxylic acids is 1. The fraction of sp³-hybridized carbons (Fsp3) is 0.529. The van der Waals surface area contributed by atoms with E-state index < -0.39 is 12.0 Å². The monoisotopic (exact) mass is 338 g/mol. The van der Waals surface area contributed by atoms with E-state index in [4.69, 9.17) is 11.6 Å². The molecule has 1 aliphatic rings. The van der Waals surface area contributed by atoms with Crippen LogP contribution in [0.15, 0.2) is 18.2 Å². The summed E-state index contributed by atoms with van der Waals surface area (Å²) in [5.41, 5.74) is 1.49. The van der Waals surface area contributed by atoms with Crippen molar-refractivity contribution >= 4 is 29.2 Å². The van der Waals surface area contributed by atoms with Crippen LogP contribution in [0.1, 0.15) is 44.1 Å². The van der Waals surface area contributed by atoms with Gasteiger partial charge in [-0.1, -0.05) is 24.1 Å². The van der Waals surface area contributed by atoms with Crippen molar-refractivity contribution in [2.75, 3.05) is 5.32 Å². The zero-order valence-electron chi connectivity index (χ0n) is 13.3. The van der Waals surface area contributed by atoms with Gasteiger partial charge in [-0.05, 0) is 50.3 Å². The fourth-order valence-corrected chi connectivity index (χ4v) is 3.15. The molecule has 1 fully saturated rings. The van der Waals surface area contributed by atoms with Gasteiger partial charge in [0.1, 0.15) is 6.04 Å². The van der Waals surface area contributed by atoms with Crippen molar-refractivity contribution in [3.05, 3.63) is 28.8 Å². The van der Waals surface area contributed by atoms with Crippen molar-refractivity contribution < 1.29 is 20.0 Å². The third-order valence-corrected chi connectivity index (χ3v) is 4.73. The lowest BCUT2D eigenvalue weighted by Crippen LogP contribution is -2.98. The van der Waals surface area contributed by atoms with E-state index in [9.17, 15) is 14.7 Å². The average molecular weight is 339 g/mol. The van der Waals surface area contributed by atoms with E-state index in [0.29, 0.717) is 10.7 Å². The van der Waals surface area contributed by atoms with Crippen LogP contribution in [-0.4, -0.2) is 24.0 Å². The van der Waals surface area contributed by atoms with E-state index in [2.05, 4.69) is 5.32 Å². The maximum Gasteiger partial charge on any atom is 0.230 e. The van der Waals surface area contributed by atoms with Crippen molar-refractivity contribution in [3.8, 4) is 0 Å². The molecular formula is C17H23ClN2O3. The second-order valence-corrected chi connectivity index (χ2v) is 6.64. The Balaban J connectivity index is 1.91. The average Bonchev–Trinajstić information content (AvgIpc) is 2.51. The topological polar surface area (TPSA) is 85.8 Å². The Kier molecular flexibility index (Phi) is 6.42. The first-order valence-electron chi connectivity index (χ1n) is 8.07. The largest absolute Gasteiger partial charge is 0.544 e. The maximum atomic E-state index is 12.1. The minimum atomic E-state index is -1.19. The highest BCUT2D eigenvalue weighted by molar-refractivity contribution is 6.31. The zero-order chi connectivity index (χ0) is 16.8. The molecule has 0 aliphatic heterocycles. The summed E-state index contributed by atoms with van der Waals surface area (Å²) in [6.07, 6.45) is 5.33. The van der Waals surface area contributed by atoms with Crippen LogP contribution in [0.4, 0.5) is 5.69 Å². The van der Waals surface area contributed by atoms with Gasteiger partial charge in [0, 0.05) is 10.7 Å². The standard InChI is InChI=1S/C17H23ClN2O3/c1-11-7-8-13(9-14(11)18)20-16(21)10-15(17(22)23)19-12-5-3-2-4-6-12/h7-9,12,15,19H,2-6,10H2,1H3,(H,20,21)(H,22,23)/t15-/m0/s1. The molecule has 0 spiro atoms. The number of anilines is 1. The molecule has 0 radical (unpaired) electrons. The van der Waals surface area contributed by atoms with Crippen molar-refractivity contribution in [1.29, 1.82) is 0 Å². The highest BCUT2D eigenvalue weighted by Gasteiger charge is 2.24. The molecule has 0 bridgehead atoms. The van der Waals surface area contributed by atoms with Crippen LogP contribution in [0.3, 0.4) is 0 Å². The SMILES string of the molecule is Cc1ccc(NC(=O)C[C@H]([NH2+]C2CCCCC2)C(=O)[O-])cc1Cl. The number of hydrogen-bond donors (Lipinski definition) is 2. The molecule has 126 valence electrons. The number of nitrogens with one attached hydrogen (secondary N) is 1. The molecule has 0 saturated heterocycles. The van der Waals surface area contributed by atoms with Crippen LogP contribution in [0.25, 0.3) is 0 Å². The number of halogens is 1. The normalized spacial score (nSPS) is 16.8. The highest BCUT2D eigenvalue weighted by atomic mass is 35.5. The second kappa shape index (κ2) is 8.31. The Morgan fingerprint density at radius 2 is 2.04 bits per heavy atom. The molecule has 1 aromatic rings. The number of nitrogens with two attached hydrogens (primary N) is 1. The van der Waals surface area contributed by atoms with Crippen LogP contribution in [0.5, 0.6) is 0 Å². The molecule has 1 saturated carbocycles. The minimum Gasteiger partial charge on any atom is -0.544 e. The Labute approximate surface area is 141 Å².